The molecule has 1 amide bonds. The van der Waals surface area contributed by atoms with Gasteiger partial charge < -0.3 is 5.32 Å². The summed E-state index contributed by atoms with van der Waals surface area (Å²) in [5.74, 6) is 0.0528. The highest BCUT2D eigenvalue weighted by Crippen LogP contribution is 1.86. The Morgan fingerprint density at radius 2 is 2.46 bits per heavy atom. The molecule has 0 radical (unpaired) electrons. The average Bonchev–Trinajstić information content (AvgIpc) is 2.57. The lowest BCUT2D eigenvalue weighted by atomic mass is 10.4. The standard InChI is InChI=1S/C7H11BrN4O/c8-2-1-7(13)9-3-5-12-6-4-10-11-12/h4,6H,1-3,5H2,(H,9,13). The number of hydrogen-bond acceptors (Lipinski definition) is 3. The van der Waals surface area contributed by atoms with E-state index >= 15 is 0 Å². The monoisotopic (exact) mass is 246 g/mol. The van der Waals surface area contributed by atoms with Crippen molar-refractivity contribution in [2.24, 2.45) is 0 Å². The zero-order chi connectivity index (χ0) is 9.52. The van der Waals surface area contributed by atoms with Crippen LogP contribution in [-0.2, 0) is 11.3 Å². The summed E-state index contributed by atoms with van der Waals surface area (Å²) in [5, 5.41) is 10.9. The Labute approximate surface area is 84.6 Å². The first-order valence-electron chi connectivity index (χ1n) is 3.99. The zero-order valence-corrected chi connectivity index (χ0v) is 8.70. The maximum atomic E-state index is 11.0. The topological polar surface area (TPSA) is 59.8 Å². The highest BCUT2D eigenvalue weighted by molar-refractivity contribution is 9.09. The third-order valence-electron chi connectivity index (χ3n) is 1.46. The first-order valence-corrected chi connectivity index (χ1v) is 5.12. The Bertz CT molecular complexity index is 249. The van der Waals surface area contributed by atoms with Crippen LogP contribution in [0, 0.1) is 0 Å². The second kappa shape index (κ2) is 5.69. The first kappa shape index (κ1) is 10.2. The number of carbonyl (C=O) groups is 1. The van der Waals surface area contributed by atoms with Crippen molar-refractivity contribution in [2.45, 2.75) is 13.0 Å². The quantitative estimate of drug-likeness (QED) is 0.755. The minimum atomic E-state index is 0.0528. The van der Waals surface area contributed by atoms with E-state index in [-0.39, 0.29) is 5.91 Å². The van der Waals surface area contributed by atoms with Gasteiger partial charge in [0.2, 0.25) is 5.91 Å². The number of alkyl halides is 1. The number of amides is 1. The maximum Gasteiger partial charge on any atom is 0.220 e. The molecule has 5 nitrogen and oxygen atoms in total. The Morgan fingerprint density at radius 3 is 3.08 bits per heavy atom. The van der Waals surface area contributed by atoms with Gasteiger partial charge in [-0.05, 0) is 0 Å². The normalized spacial score (nSPS) is 9.92. The summed E-state index contributed by atoms with van der Waals surface area (Å²) in [5.41, 5.74) is 0. The Hall–Kier alpha value is -0.910. The van der Waals surface area contributed by atoms with Crippen molar-refractivity contribution < 1.29 is 4.79 Å². The number of aromatic nitrogens is 3. The summed E-state index contributed by atoms with van der Waals surface area (Å²) in [6, 6.07) is 0. The van der Waals surface area contributed by atoms with E-state index in [2.05, 4.69) is 31.6 Å². The molecule has 1 rings (SSSR count). The first-order chi connectivity index (χ1) is 6.33. The molecule has 0 unspecified atom stereocenters. The van der Waals surface area contributed by atoms with Gasteiger partial charge in [0.05, 0.1) is 12.7 Å². The Kier molecular flexibility index (Phi) is 4.45. The summed E-state index contributed by atoms with van der Waals surface area (Å²) in [7, 11) is 0. The largest absolute Gasteiger partial charge is 0.354 e. The Balaban J connectivity index is 2.11. The van der Waals surface area contributed by atoms with Crippen molar-refractivity contribution in [2.75, 3.05) is 11.9 Å². The van der Waals surface area contributed by atoms with Crippen LogP contribution < -0.4 is 5.32 Å². The van der Waals surface area contributed by atoms with E-state index in [4.69, 9.17) is 0 Å². The average molecular weight is 247 g/mol. The van der Waals surface area contributed by atoms with E-state index in [1.54, 1.807) is 17.1 Å². The molecular formula is C7H11BrN4O. The van der Waals surface area contributed by atoms with Gasteiger partial charge in [0.15, 0.2) is 0 Å². The Morgan fingerprint density at radius 1 is 1.62 bits per heavy atom. The summed E-state index contributed by atoms with van der Waals surface area (Å²) in [6.07, 6.45) is 3.88. The molecule has 0 bridgehead atoms. The molecule has 0 aliphatic carbocycles. The van der Waals surface area contributed by atoms with Crippen molar-refractivity contribution in [3.63, 3.8) is 0 Å². The predicted molar refractivity (Wildman–Crippen MR) is 51.4 cm³/mol. The maximum absolute atomic E-state index is 11.0. The number of halogens is 1. The van der Waals surface area contributed by atoms with Gasteiger partial charge in [-0.1, -0.05) is 21.1 Å². The summed E-state index contributed by atoms with van der Waals surface area (Å²) < 4.78 is 1.68. The molecule has 0 saturated heterocycles. The van der Waals surface area contributed by atoms with Gasteiger partial charge in [0, 0.05) is 24.5 Å². The van der Waals surface area contributed by atoms with Crippen LogP contribution in [0.25, 0.3) is 0 Å². The number of nitrogens with one attached hydrogen (secondary N) is 1. The number of carbonyl (C=O) groups excluding carboxylic acids is 1. The smallest absolute Gasteiger partial charge is 0.220 e. The molecule has 0 spiro atoms. The van der Waals surface area contributed by atoms with Crippen molar-refractivity contribution in [1.82, 2.24) is 20.3 Å². The van der Waals surface area contributed by atoms with E-state index in [1.165, 1.54) is 0 Å². The third kappa shape index (κ3) is 4.02. The fourth-order valence-corrected chi connectivity index (χ4v) is 1.20. The molecule has 1 heterocycles. The molecule has 0 aliphatic rings. The molecule has 1 aromatic rings. The lowest BCUT2D eigenvalue weighted by Gasteiger charge is -2.02. The van der Waals surface area contributed by atoms with Crippen LogP contribution in [-0.4, -0.2) is 32.8 Å². The summed E-state index contributed by atoms with van der Waals surface area (Å²) >= 11 is 3.19. The molecule has 0 atom stereocenters. The van der Waals surface area contributed by atoms with Crippen LogP contribution in [0.4, 0.5) is 0 Å². The van der Waals surface area contributed by atoms with Gasteiger partial charge in [0.1, 0.15) is 0 Å². The number of rotatable bonds is 5. The molecule has 72 valence electrons. The lowest BCUT2D eigenvalue weighted by Crippen LogP contribution is -2.27. The van der Waals surface area contributed by atoms with Crippen LogP contribution in [0.5, 0.6) is 0 Å². The lowest BCUT2D eigenvalue weighted by molar-refractivity contribution is -0.120. The molecular weight excluding hydrogens is 236 g/mol. The minimum Gasteiger partial charge on any atom is -0.354 e. The van der Waals surface area contributed by atoms with Crippen molar-refractivity contribution >= 4 is 21.8 Å². The van der Waals surface area contributed by atoms with Gasteiger partial charge in [-0.15, -0.1) is 5.10 Å². The van der Waals surface area contributed by atoms with E-state index < -0.39 is 0 Å². The molecule has 0 fully saturated rings. The van der Waals surface area contributed by atoms with Crippen LogP contribution in [0.3, 0.4) is 0 Å². The molecule has 6 heteroatoms. The van der Waals surface area contributed by atoms with E-state index in [0.717, 1.165) is 0 Å². The van der Waals surface area contributed by atoms with E-state index in [1.807, 2.05) is 0 Å². The second-order valence-corrected chi connectivity index (χ2v) is 3.25. The van der Waals surface area contributed by atoms with Gasteiger partial charge in [-0.25, -0.2) is 0 Å². The highest BCUT2D eigenvalue weighted by Gasteiger charge is 1.98. The summed E-state index contributed by atoms with van der Waals surface area (Å²) in [6.45, 7) is 1.25. The van der Waals surface area contributed by atoms with Crippen molar-refractivity contribution in [1.29, 1.82) is 0 Å². The van der Waals surface area contributed by atoms with Gasteiger partial charge in [-0.2, -0.15) is 0 Å². The van der Waals surface area contributed by atoms with Gasteiger partial charge in [-0.3, -0.25) is 9.48 Å². The molecule has 0 aromatic carbocycles. The highest BCUT2D eigenvalue weighted by atomic mass is 79.9. The van der Waals surface area contributed by atoms with Crippen LogP contribution >= 0.6 is 15.9 Å². The molecule has 0 saturated carbocycles. The zero-order valence-electron chi connectivity index (χ0n) is 7.11. The fourth-order valence-electron chi connectivity index (χ4n) is 0.836. The van der Waals surface area contributed by atoms with E-state index in [0.29, 0.717) is 24.8 Å². The molecule has 1 N–H and O–H groups in total. The van der Waals surface area contributed by atoms with Gasteiger partial charge >= 0.3 is 0 Å². The van der Waals surface area contributed by atoms with Crippen LogP contribution in [0.1, 0.15) is 6.42 Å². The van der Waals surface area contributed by atoms with Gasteiger partial charge in [0.25, 0.3) is 0 Å². The minimum absolute atomic E-state index is 0.0528. The predicted octanol–water partition coefficient (Wildman–Crippen LogP) is 0.179. The SMILES string of the molecule is O=C(CCBr)NCCn1ccnn1. The van der Waals surface area contributed by atoms with Crippen LogP contribution in [0.2, 0.25) is 0 Å². The van der Waals surface area contributed by atoms with Crippen molar-refractivity contribution in [3.8, 4) is 0 Å². The van der Waals surface area contributed by atoms with Crippen LogP contribution in [0.15, 0.2) is 12.4 Å². The second-order valence-electron chi connectivity index (χ2n) is 2.46. The molecule has 0 aliphatic heterocycles. The molecule has 1 aromatic heterocycles. The van der Waals surface area contributed by atoms with E-state index in [9.17, 15) is 4.79 Å². The molecule has 13 heavy (non-hydrogen) atoms. The fraction of sp³-hybridized carbons (Fsp3) is 0.571. The third-order valence-corrected chi connectivity index (χ3v) is 1.85. The summed E-state index contributed by atoms with van der Waals surface area (Å²) in [4.78, 5) is 11.0. The number of nitrogens with zero attached hydrogens (tertiary/aromatic N) is 3. The number of hydrogen-bond donors (Lipinski definition) is 1. The van der Waals surface area contributed by atoms with Crippen molar-refractivity contribution in [3.05, 3.63) is 12.4 Å².